The smallest absolute Gasteiger partial charge is 0.249 e. The first-order chi connectivity index (χ1) is 11.5. The Hall–Kier alpha value is -2.21. The molecular weight excluding hydrogens is 322 g/mol. The summed E-state index contributed by atoms with van der Waals surface area (Å²) in [5, 5.41) is 3.51. The van der Waals surface area contributed by atoms with Gasteiger partial charge in [0.2, 0.25) is 11.8 Å². The fraction of sp³-hybridized carbons (Fsp3) is 0.389. The lowest BCUT2D eigenvalue weighted by atomic mass is 9.93. The molecule has 0 fully saturated rings. The van der Waals surface area contributed by atoms with Crippen molar-refractivity contribution in [2.45, 2.75) is 46.2 Å². The number of carbonyl (C=O) groups excluding carboxylic acids is 2. The van der Waals surface area contributed by atoms with E-state index in [9.17, 15) is 9.59 Å². The standard InChI is InChI=1S/C18H21N3O2S/c1-4-15-11(2)24-18(19-15)20-17(23)16-9-13-7-5-6-8-14(13)10-21(16)12(3)22/h5-8,16H,4,9-10H2,1-3H3,(H,19,20,23). The van der Waals surface area contributed by atoms with Crippen LogP contribution in [0.25, 0.3) is 0 Å². The molecule has 0 radical (unpaired) electrons. The molecule has 0 aliphatic carbocycles. The number of benzene rings is 1. The first-order valence-electron chi connectivity index (χ1n) is 8.10. The van der Waals surface area contributed by atoms with Gasteiger partial charge in [-0.05, 0) is 24.5 Å². The molecule has 0 saturated carbocycles. The summed E-state index contributed by atoms with van der Waals surface area (Å²) in [4.78, 5) is 32.0. The van der Waals surface area contributed by atoms with Crippen molar-refractivity contribution >= 4 is 28.3 Å². The minimum absolute atomic E-state index is 0.0887. The molecule has 3 rings (SSSR count). The highest BCUT2D eigenvalue weighted by atomic mass is 32.1. The number of rotatable bonds is 3. The fourth-order valence-corrected chi connectivity index (χ4v) is 3.99. The Morgan fingerprint density at radius 3 is 2.67 bits per heavy atom. The summed E-state index contributed by atoms with van der Waals surface area (Å²) >= 11 is 1.48. The van der Waals surface area contributed by atoms with Gasteiger partial charge in [0, 0.05) is 24.8 Å². The first-order valence-corrected chi connectivity index (χ1v) is 8.92. The van der Waals surface area contributed by atoms with Gasteiger partial charge < -0.3 is 10.2 Å². The molecule has 0 saturated heterocycles. The second-order valence-corrected chi connectivity index (χ2v) is 7.20. The number of amides is 2. The zero-order valence-corrected chi connectivity index (χ0v) is 14.9. The number of hydrogen-bond donors (Lipinski definition) is 1. The SMILES string of the molecule is CCc1nc(NC(=O)C2Cc3ccccc3CN2C(C)=O)sc1C. The van der Waals surface area contributed by atoms with Crippen molar-refractivity contribution in [2.24, 2.45) is 0 Å². The lowest BCUT2D eigenvalue weighted by molar-refractivity contribution is -0.138. The number of carbonyl (C=O) groups is 2. The summed E-state index contributed by atoms with van der Waals surface area (Å²) in [6, 6.07) is 7.47. The molecule has 0 spiro atoms. The number of nitrogens with one attached hydrogen (secondary N) is 1. The van der Waals surface area contributed by atoms with Crippen molar-refractivity contribution in [3.05, 3.63) is 46.0 Å². The van der Waals surface area contributed by atoms with E-state index in [0.29, 0.717) is 18.1 Å². The van der Waals surface area contributed by atoms with Gasteiger partial charge in [-0.15, -0.1) is 11.3 Å². The Morgan fingerprint density at radius 1 is 1.33 bits per heavy atom. The van der Waals surface area contributed by atoms with E-state index in [4.69, 9.17) is 0 Å². The Labute approximate surface area is 145 Å². The van der Waals surface area contributed by atoms with Gasteiger partial charge in [0.25, 0.3) is 0 Å². The molecule has 1 aliphatic heterocycles. The van der Waals surface area contributed by atoms with E-state index in [1.54, 1.807) is 4.90 Å². The number of aromatic nitrogens is 1. The minimum atomic E-state index is -0.494. The molecular formula is C18H21N3O2S. The Morgan fingerprint density at radius 2 is 2.04 bits per heavy atom. The molecule has 2 amide bonds. The summed E-state index contributed by atoms with van der Waals surface area (Å²) in [6.07, 6.45) is 1.38. The van der Waals surface area contributed by atoms with Gasteiger partial charge in [0.1, 0.15) is 6.04 Å². The molecule has 1 N–H and O–H groups in total. The normalized spacial score (nSPS) is 16.6. The largest absolute Gasteiger partial charge is 0.326 e. The maximum absolute atomic E-state index is 12.8. The van der Waals surface area contributed by atoms with Crippen molar-refractivity contribution in [3.63, 3.8) is 0 Å². The predicted octanol–water partition coefficient (Wildman–Crippen LogP) is 2.93. The number of fused-ring (bicyclic) bond motifs is 1. The van der Waals surface area contributed by atoms with Crippen LogP contribution in [-0.2, 0) is 29.0 Å². The fourth-order valence-electron chi connectivity index (χ4n) is 3.09. The lowest BCUT2D eigenvalue weighted by Crippen LogP contribution is -2.49. The van der Waals surface area contributed by atoms with Crippen LogP contribution in [-0.4, -0.2) is 27.7 Å². The average Bonchev–Trinajstić information content (AvgIpc) is 2.92. The van der Waals surface area contributed by atoms with Gasteiger partial charge in [0.15, 0.2) is 5.13 Å². The monoisotopic (exact) mass is 343 g/mol. The lowest BCUT2D eigenvalue weighted by Gasteiger charge is -2.35. The molecule has 24 heavy (non-hydrogen) atoms. The Bertz CT molecular complexity index is 784. The molecule has 1 aromatic carbocycles. The molecule has 1 unspecified atom stereocenters. The minimum Gasteiger partial charge on any atom is -0.326 e. The van der Waals surface area contributed by atoms with Crippen molar-refractivity contribution in [3.8, 4) is 0 Å². The molecule has 1 atom stereocenters. The van der Waals surface area contributed by atoms with E-state index < -0.39 is 6.04 Å². The van der Waals surface area contributed by atoms with Crippen LogP contribution in [0.1, 0.15) is 35.5 Å². The van der Waals surface area contributed by atoms with Crippen LogP contribution in [0, 0.1) is 6.92 Å². The molecule has 1 aliphatic rings. The van der Waals surface area contributed by atoms with Gasteiger partial charge in [-0.1, -0.05) is 31.2 Å². The van der Waals surface area contributed by atoms with Crippen LogP contribution >= 0.6 is 11.3 Å². The van der Waals surface area contributed by atoms with Crippen molar-refractivity contribution < 1.29 is 9.59 Å². The van der Waals surface area contributed by atoms with E-state index in [0.717, 1.165) is 28.1 Å². The third kappa shape index (κ3) is 3.19. The zero-order valence-electron chi connectivity index (χ0n) is 14.1. The van der Waals surface area contributed by atoms with Crippen LogP contribution in [0.5, 0.6) is 0 Å². The number of aryl methyl sites for hydroxylation is 2. The predicted molar refractivity (Wildman–Crippen MR) is 95.0 cm³/mol. The third-order valence-corrected chi connectivity index (χ3v) is 5.34. The molecule has 0 bridgehead atoms. The highest BCUT2D eigenvalue weighted by Gasteiger charge is 2.33. The van der Waals surface area contributed by atoms with Crippen LogP contribution in [0.15, 0.2) is 24.3 Å². The molecule has 1 aromatic heterocycles. The van der Waals surface area contributed by atoms with E-state index in [-0.39, 0.29) is 11.8 Å². The van der Waals surface area contributed by atoms with E-state index in [1.807, 2.05) is 38.1 Å². The average molecular weight is 343 g/mol. The highest BCUT2D eigenvalue weighted by Crippen LogP contribution is 2.26. The summed E-state index contributed by atoms with van der Waals surface area (Å²) < 4.78 is 0. The van der Waals surface area contributed by atoms with E-state index in [2.05, 4.69) is 10.3 Å². The second kappa shape index (κ2) is 6.73. The van der Waals surface area contributed by atoms with Crippen molar-refractivity contribution in [2.75, 3.05) is 5.32 Å². The number of anilines is 1. The van der Waals surface area contributed by atoms with Gasteiger partial charge in [-0.3, -0.25) is 9.59 Å². The highest BCUT2D eigenvalue weighted by molar-refractivity contribution is 7.15. The maximum atomic E-state index is 12.8. The molecule has 126 valence electrons. The molecule has 2 heterocycles. The Balaban J connectivity index is 1.82. The topological polar surface area (TPSA) is 62.3 Å². The Kier molecular flexibility index (Phi) is 4.66. The van der Waals surface area contributed by atoms with Gasteiger partial charge >= 0.3 is 0 Å². The van der Waals surface area contributed by atoms with Gasteiger partial charge in [0.05, 0.1) is 5.69 Å². The van der Waals surface area contributed by atoms with Crippen LogP contribution in [0.3, 0.4) is 0 Å². The van der Waals surface area contributed by atoms with Crippen molar-refractivity contribution in [1.29, 1.82) is 0 Å². The summed E-state index contributed by atoms with van der Waals surface area (Å²) in [7, 11) is 0. The quantitative estimate of drug-likeness (QED) is 0.932. The zero-order chi connectivity index (χ0) is 17.3. The van der Waals surface area contributed by atoms with Gasteiger partial charge in [-0.2, -0.15) is 0 Å². The molecule has 5 nitrogen and oxygen atoms in total. The molecule has 6 heteroatoms. The number of hydrogen-bond acceptors (Lipinski definition) is 4. The van der Waals surface area contributed by atoms with E-state index in [1.165, 1.54) is 18.3 Å². The van der Waals surface area contributed by atoms with Crippen LogP contribution in [0.4, 0.5) is 5.13 Å². The maximum Gasteiger partial charge on any atom is 0.249 e. The first kappa shape index (κ1) is 16.6. The van der Waals surface area contributed by atoms with E-state index >= 15 is 0 Å². The second-order valence-electron chi connectivity index (χ2n) is 6.00. The number of thiazole rings is 1. The van der Waals surface area contributed by atoms with Crippen LogP contribution < -0.4 is 5.32 Å². The van der Waals surface area contributed by atoms with Gasteiger partial charge in [-0.25, -0.2) is 4.98 Å². The third-order valence-electron chi connectivity index (χ3n) is 4.41. The summed E-state index contributed by atoms with van der Waals surface area (Å²) in [6.45, 7) is 6.03. The van der Waals surface area contributed by atoms with Crippen LogP contribution in [0.2, 0.25) is 0 Å². The summed E-state index contributed by atoms with van der Waals surface area (Å²) in [5.74, 6) is -0.259. The van der Waals surface area contributed by atoms with Crippen molar-refractivity contribution in [1.82, 2.24) is 9.88 Å². The molecule has 2 aromatic rings. The number of nitrogens with zero attached hydrogens (tertiary/aromatic N) is 2. The summed E-state index contributed by atoms with van der Waals surface area (Å²) in [5.41, 5.74) is 3.24.